The van der Waals surface area contributed by atoms with Crippen molar-refractivity contribution in [3.63, 3.8) is 0 Å². The van der Waals surface area contributed by atoms with E-state index in [9.17, 15) is 13.2 Å². The number of amides is 1. The average molecular weight is 512 g/mol. The number of hydrogen-bond donors (Lipinski definition) is 3. The van der Waals surface area contributed by atoms with Crippen molar-refractivity contribution in [2.24, 2.45) is 0 Å². The van der Waals surface area contributed by atoms with Gasteiger partial charge in [0.05, 0.1) is 18.6 Å². The Kier molecular flexibility index (Phi) is 8.82. The summed E-state index contributed by atoms with van der Waals surface area (Å²) in [7, 11) is -2.20. The summed E-state index contributed by atoms with van der Waals surface area (Å²) in [4.78, 5) is 12.2. The van der Waals surface area contributed by atoms with E-state index in [4.69, 9.17) is 21.7 Å². The van der Waals surface area contributed by atoms with Gasteiger partial charge in [-0.1, -0.05) is 12.1 Å². The number of methoxy groups -OCH3 is 1. The number of benzene rings is 3. The first-order valence-electron chi connectivity index (χ1n) is 10.6. The van der Waals surface area contributed by atoms with E-state index in [1.807, 2.05) is 19.1 Å². The standard InChI is InChI=1S/C25H25N3O5S2/c1-3-33-22-13-7-20(8-14-22)28-35(30,31)23-15-9-19(10-16-23)26-25(34)27-24(29)17-6-18-4-11-21(32-2)12-5-18/h4-17,28H,3H2,1-2H3,(H2,26,27,29,34)/b17-6+. The number of sulfonamides is 1. The molecule has 182 valence electrons. The molecule has 0 bridgehead atoms. The predicted molar refractivity (Wildman–Crippen MR) is 141 cm³/mol. The van der Waals surface area contributed by atoms with Crippen LogP contribution in [0.3, 0.4) is 0 Å². The molecule has 0 aromatic heterocycles. The molecular formula is C25H25N3O5S2. The molecule has 0 radical (unpaired) electrons. The highest BCUT2D eigenvalue weighted by atomic mass is 32.2. The van der Waals surface area contributed by atoms with E-state index < -0.39 is 15.9 Å². The van der Waals surface area contributed by atoms with Gasteiger partial charge in [0.1, 0.15) is 11.5 Å². The maximum atomic E-state index is 12.7. The second-order valence-electron chi connectivity index (χ2n) is 7.14. The number of carbonyl (C=O) groups excluding carboxylic acids is 1. The van der Waals surface area contributed by atoms with Gasteiger partial charge in [-0.15, -0.1) is 0 Å². The van der Waals surface area contributed by atoms with Crippen LogP contribution in [0.2, 0.25) is 0 Å². The average Bonchev–Trinajstić information content (AvgIpc) is 2.84. The molecule has 0 saturated heterocycles. The van der Waals surface area contributed by atoms with Crippen LogP contribution in [0, 0.1) is 0 Å². The summed E-state index contributed by atoms with van der Waals surface area (Å²) in [5, 5.41) is 5.47. The molecule has 8 nitrogen and oxygen atoms in total. The summed E-state index contributed by atoms with van der Waals surface area (Å²) in [6.45, 7) is 2.40. The van der Waals surface area contributed by atoms with Crippen LogP contribution in [0.5, 0.6) is 11.5 Å². The molecule has 0 aliphatic carbocycles. The number of nitrogens with one attached hydrogen (secondary N) is 3. The zero-order valence-electron chi connectivity index (χ0n) is 19.1. The Morgan fingerprint density at radius 3 is 2.11 bits per heavy atom. The minimum absolute atomic E-state index is 0.0781. The molecule has 10 heteroatoms. The molecule has 1 amide bonds. The molecule has 35 heavy (non-hydrogen) atoms. The third-order valence-corrected chi connectivity index (χ3v) is 6.22. The fraction of sp³-hybridized carbons (Fsp3) is 0.120. The number of hydrogen-bond acceptors (Lipinski definition) is 6. The summed E-state index contributed by atoms with van der Waals surface area (Å²) in [5.74, 6) is 0.977. The molecule has 3 N–H and O–H groups in total. The fourth-order valence-corrected chi connectivity index (χ4v) is 4.20. The Balaban J connectivity index is 1.54. The SMILES string of the molecule is CCOc1ccc(NS(=O)(=O)c2ccc(NC(=S)NC(=O)/C=C/c3ccc(OC)cc3)cc2)cc1. The second-order valence-corrected chi connectivity index (χ2v) is 9.23. The largest absolute Gasteiger partial charge is 0.497 e. The van der Waals surface area contributed by atoms with Crippen molar-refractivity contribution in [2.75, 3.05) is 23.8 Å². The Morgan fingerprint density at radius 1 is 0.914 bits per heavy atom. The molecular weight excluding hydrogens is 486 g/mol. The molecule has 0 aliphatic rings. The highest BCUT2D eigenvalue weighted by Crippen LogP contribution is 2.21. The van der Waals surface area contributed by atoms with Gasteiger partial charge in [0.15, 0.2) is 5.11 Å². The Bertz CT molecular complexity index is 1290. The van der Waals surface area contributed by atoms with E-state index in [0.29, 0.717) is 23.7 Å². The van der Waals surface area contributed by atoms with Gasteiger partial charge in [-0.3, -0.25) is 14.8 Å². The number of carbonyl (C=O) groups is 1. The molecule has 0 saturated carbocycles. The Morgan fingerprint density at radius 2 is 1.51 bits per heavy atom. The van der Waals surface area contributed by atoms with Crippen LogP contribution in [0.15, 0.2) is 83.8 Å². The van der Waals surface area contributed by atoms with Gasteiger partial charge >= 0.3 is 0 Å². The van der Waals surface area contributed by atoms with Crippen molar-refractivity contribution in [3.8, 4) is 11.5 Å². The predicted octanol–water partition coefficient (Wildman–Crippen LogP) is 4.42. The zero-order valence-corrected chi connectivity index (χ0v) is 20.8. The minimum atomic E-state index is -3.78. The molecule has 3 rings (SSSR count). The second kappa shape index (κ2) is 12.0. The van der Waals surface area contributed by atoms with Crippen LogP contribution in [0.25, 0.3) is 6.08 Å². The van der Waals surface area contributed by atoms with Gasteiger partial charge in [-0.2, -0.15) is 0 Å². The quantitative estimate of drug-likeness (QED) is 0.288. The first-order chi connectivity index (χ1) is 16.8. The highest BCUT2D eigenvalue weighted by molar-refractivity contribution is 7.92. The Labute approximate surface area is 210 Å². The lowest BCUT2D eigenvalue weighted by Crippen LogP contribution is -2.32. The number of rotatable bonds is 9. The first-order valence-corrected chi connectivity index (χ1v) is 12.5. The first kappa shape index (κ1) is 25.7. The third kappa shape index (κ3) is 7.83. The topological polar surface area (TPSA) is 106 Å². The van der Waals surface area contributed by atoms with Crippen LogP contribution in [0.4, 0.5) is 11.4 Å². The molecule has 0 aliphatic heterocycles. The monoisotopic (exact) mass is 511 g/mol. The maximum absolute atomic E-state index is 12.7. The molecule has 0 atom stereocenters. The smallest absolute Gasteiger partial charge is 0.261 e. The van der Waals surface area contributed by atoms with Crippen LogP contribution in [-0.2, 0) is 14.8 Å². The molecule has 0 unspecified atom stereocenters. The lowest BCUT2D eigenvalue weighted by atomic mass is 10.2. The van der Waals surface area contributed by atoms with Crippen LogP contribution < -0.4 is 24.8 Å². The van der Waals surface area contributed by atoms with E-state index in [0.717, 1.165) is 11.3 Å². The third-order valence-electron chi connectivity index (χ3n) is 4.62. The Hall–Kier alpha value is -3.89. The van der Waals surface area contributed by atoms with Crippen LogP contribution in [0.1, 0.15) is 12.5 Å². The normalized spacial score (nSPS) is 11.0. The van der Waals surface area contributed by atoms with Crippen molar-refractivity contribution in [3.05, 3.63) is 84.4 Å². The van der Waals surface area contributed by atoms with Gasteiger partial charge in [0, 0.05) is 17.5 Å². The lowest BCUT2D eigenvalue weighted by molar-refractivity contribution is -0.115. The minimum Gasteiger partial charge on any atom is -0.497 e. The molecule has 0 spiro atoms. The highest BCUT2D eigenvalue weighted by Gasteiger charge is 2.14. The summed E-state index contributed by atoms with van der Waals surface area (Å²) >= 11 is 5.16. The van der Waals surface area contributed by atoms with Gasteiger partial charge in [-0.25, -0.2) is 8.42 Å². The van der Waals surface area contributed by atoms with E-state index in [1.54, 1.807) is 61.7 Å². The summed E-state index contributed by atoms with van der Waals surface area (Å²) in [6.07, 6.45) is 3.01. The molecule has 0 fully saturated rings. The van der Waals surface area contributed by atoms with Crippen molar-refractivity contribution in [1.29, 1.82) is 0 Å². The molecule has 0 heterocycles. The van der Waals surface area contributed by atoms with Crippen molar-refractivity contribution < 1.29 is 22.7 Å². The van der Waals surface area contributed by atoms with Gasteiger partial charge in [0.2, 0.25) is 5.91 Å². The molecule has 3 aromatic carbocycles. The van der Waals surface area contributed by atoms with Crippen LogP contribution in [-0.4, -0.2) is 33.2 Å². The van der Waals surface area contributed by atoms with E-state index in [-0.39, 0.29) is 10.0 Å². The van der Waals surface area contributed by atoms with Crippen molar-refractivity contribution in [1.82, 2.24) is 5.32 Å². The summed E-state index contributed by atoms with van der Waals surface area (Å²) in [6, 6.07) is 19.8. The zero-order chi connectivity index (χ0) is 25.3. The van der Waals surface area contributed by atoms with Gasteiger partial charge in [-0.05, 0) is 91.4 Å². The number of anilines is 2. The fourth-order valence-electron chi connectivity index (χ4n) is 2.92. The summed E-state index contributed by atoms with van der Waals surface area (Å²) < 4.78 is 38.3. The van der Waals surface area contributed by atoms with E-state index in [2.05, 4.69) is 15.4 Å². The van der Waals surface area contributed by atoms with Gasteiger partial charge in [0.25, 0.3) is 10.0 Å². The van der Waals surface area contributed by atoms with E-state index >= 15 is 0 Å². The number of thiocarbonyl (C=S) groups is 1. The van der Waals surface area contributed by atoms with Crippen molar-refractivity contribution >= 4 is 50.7 Å². The lowest BCUT2D eigenvalue weighted by Gasteiger charge is -2.11. The van der Waals surface area contributed by atoms with Gasteiger partial charge < -0.3 is 14.8 Å². The summed E-state index contributed by atoms with van der Waals surface area (Å²) in [5.41, 5.74) is 1.77. The van der Waals surface area contributed by atoms with Crippen molar-refractivity contribution in [2.45, 2.75) is 11.8 Å². The van der Waals surface area contributed by atoms with E-state index in [1.165, 1.54) is 18.2 Å². The van der Waals surface area contributed by atoms with Crippen LogP contribution >= 0.6 is 12.2 Å². The number of ether oxygens (including phenoxy) is 2. The maximum Gasteiger partial charge on any atom is 0.261 e. The molecule has 3 aromatic rings.